The van der Waals surface area contributed by atoms with E-state index in [2.05, 4.69) is 15.3 Å². The lowest BCUT2D eigenvalue weighted by Crippen LogP contribution is -2.35. The van der Waals surface area contributed by atoms with Crippen LogP contribution in [0.4, 0.5) is 0 Å². The molecule has 1 aliphatic heterocycles. The molecule has 1 N–H and O–H groups in total. The molecular formula is C12H20N4O. The summed E-state index contributed by atoms with van der Waals surface area (Å²) in [6, 6.07) is 1.90. The molecule has 1 aliphatic rings. The number of aryl methyl sites for hydroxylation is 1. The van der Waals surface area contributed by atoms with Crippen LogP contribution >= 0.6 is 0 Å². The van der Waals surface area contributed by atoms with Gasteiger partial charge in [-0.3, -0.25) is 9.48 Å². The van der Waals surface area contributed by atoms with Gasteiger partial charge in [0.2, 0.25) is 5.91 Å². The molecule has 0 aliphatic carbocycles. The van der Waals surface area contributed by atoms with Crippen molar-refractivity contribution in [1.29, 1.82) is 0 Å². The minimum atomic E-state index is 0.0345. The van der Waals surface area contributed by atoms with E-state index < -0.39 is 0 Å². The first-order valence-electron chi connectivity index (χ1n) is 6.23. The highest BCUT2D eigenvalue weighted by molar-refractivity contribution is 5.75. The Morgan fingerprint density at radius 3 is 2.88 bits per heavy atom. The van der Waals surface area contributed by atoms with Crippen molar-refractivity contribution >= 4 is 5.91 Å². The van der Waals surface area contributed by atoms with Gasteiger partial charge < -0.3 is 10.2 Å². The maximum Gasteiger partial charge on any atom is 0.241 e. The Balaban J connectivity index is 1.63. The Bertz CT molecular complexity index is 368. The molecule has 0 bridgehead atoms. The van der Waals surface area contributed by atoms with Crippen molar-refractivity contribution in [2.45, 2.75) is 26.3 Å². The number of nitrogens with zero attached hydrogens (tertiary/aromatic N) is 3. The van der Waals surface area contributed by atoms with Crippen molar-refractivity contribution in [2.75, 3.05) is 26.2 Å². The van der Waals surface area contributed by atoms with E-state index in [9.17, 15) is 4.79 Å². The van der Waals surface area contributed by atoms with Crippen LogP contribution < -0.4 is 5.32 Å². The molecule has 17 heavy (non-hydrogen) atoms. The summed E-state index contributed by atoms with van der Waals surface area (Å²) in [4.78, 5) is 14.0. The van der Waals surface area contributed by atoms with Crippen LogP contribution in [-0.2, 0) is 11.3 Å². The summed E-state index contributed by atoms with van der Waals surface area (Å²) in [5, 5.41) is 7.11. The summed E-state index contributed by atoms with van der Waals surface area (Å²) < 4.78 is 1.67. The van der Waals surface area contributed by atoms with Gasteiger partial charge in [0.15, 0.2) is 0 Å². The van der Waals surface area contributed by atoms with Crippen LogP contribution in [0.15, 0.2) is 12.3 Å². The fourth-order valence-electron chi connectivity index (χ4n) is 2.11. The maximum atomic E-state index is 11.6. The molecule has 1 fully saturated rings. The highest BCUT2D eigenvalue weighted by Gasteiger charge is 2.11. The molecule has 0 spiro atoms. The molecule has 5 heteroatoms. The van der Waals surface area contributed by atoms with E-state index in [0.29, 0.717) is 6.54 Å². The number of likely N-dealkylation sites (tertiary alicyclic amines) is 1. The van der Waals surface area contributed by atoms with Crippen LogP contribution in [0.25, 0.3) is 0 Å². The summed E-state index contributed by atoms with van der Waals surface area (Å²) in [6.45, 7) is 6.28. The van der Waals surface area contributed by atoms with E-state index in [0.717, 1.165) is 18.8 Å². The quantitative estimate of drug-likeness (QED) is 0.805. The smallest absolute Gasteiger partial charge is 0.241 e. The Kier molecular flexibility index (Phi) is 4.14. The van der Waals surface area contributed by atoms with E-state index >= 15 is 0 Å². The molecule has 1 aromatic rings. The molecule has 94 valence electrons. The monoisotopic (exact) mass is 236 g/mol. The zero-order chi connectivity index (χ0) is 12.1. The predicted molar refractivity (Wildman–Crippen MR) is 65.6 cm³/mol. The van der Waals surface area contributed by atoms with Gasteiger partial charge in [0, 0.05) is 19.3 Å². The number of hydrogen-bond acceptors (Lipinski definition) is 3. The molecule has 0 unspecified atom stereocenters. The van der Waals surface area contributed by atoms with E-state index in [1.54, 1.807) is 4.68 Å². The second-order valence-electron chi connectivity index (χ2n) is 4.55. The molecule has 0 radical (unpaired) electrons. The van der Waals surface area contributed by atoms with Crippen molar-refractivity contribution in [2.24, 2.45) is 0 Å². The molecular weight excluding hydrogens is 216 g/mol. The van der Waals surface area contributed by atoms with Crippen LogP contribution in [0.5, 0.6) is 0 Å². The third-order valence-corrected chi connectivity index (χ3v) is 3.03. The Morgan fingerprint density at radius 2 is 2.24 bits per heavy atom. The molecule has 0 atom stereocenters. The topological polar surface area (TPSA) is 50.2 Å². The van der Waals surface area contributed by atoms with Crippen molar-refractivity contribution in [3.05, 3.63) is 18.0 Å². The number of nitrogens with one attached hydrogen (secondary N) is 1. The van der Waals surface area contributed by atoms with Gasteiger partial charge in [-0.1, -0.05) is 0 Å². The first-order chi connectivity index (χ1) is 8.24. The molecule has 1 amide bonds. The number of hydrogen-bond donors (Lipinski definition) is 1. The van der Waals surface area contributed by atoms with Gasteiger partial charge in [0.05, 0.1) is 5.69 Å². The summed E-state index contributed by atoms with van der Waals surface area (Å²) in [5.74, 6) is 0.0345. The maximum absolute atomic E-state index is 11.6. The first-order valence-corrected chi connectivity index (χ1v) is 6.23. The number of carbonyl (C=O) groups is 1. The van der Waals surface area contributed by atoms with Gasteiger partial charge in [-0.15, -0.1) is 0 Å². The molecule has 0 aromatic carbocycles. The summed E-state index contributed by atoms with van der Waals surface area (Å²) in [7, 11) is 0. The van der Waals surface area contributed by atoms with E-state index in [1.165, 1.54) is 25.9 Å². The zero-order valence-electron chi connectivity index (χ0n) is 10.4. The number of rotatable bonds is 5. The van der Waals surface area contributed by atoms with Gasteiger partial charge in [0.25, 0.3) is 0 Å². The third-order valence-electron chi connectivity index (χ3n) is 3.03. The molecule has 2 rings (SSSR count). The minimum absolute atomic E-state index is 0.0345. The molecule has 2 heterocycles. The lowest BCUT2D eigenvalue weighted by atomic mass is 10.4. The standard InChI is InChI=1S/C12H20N4O/c1-11-4-8-16(14-11)10-12(17)13-5-9-15-6-2-3-7-15/h4,8H,2-3,5-7,9-10H2,1H3,(H,13,17). The van der Waals surface area contributed by atoms with Gasteiger partial charge >= 0.3 is 0 Å². The zero-order valence-corrected chi connectivity index (χ0v) is 10.4. The highest BCUT2D eigenvalue weighted by atomic mass is 16.2. The van der Waals surface area contributed by atoms with E-state index in [-0.39, 0.29) is 5.91 Å². The van der Waals surface area contributed by atoms with E-state index in [4.69, 9.17) is 0 Å². The van der Waals surface area contributed by atoms with Crippen molar-refractivity contribution in [1.82, 2.24) is 20.0 Å². The molecule has 1 aromatic heterocycles. The fourth-order valence-corrected chi connectivity index (χ4v) is 2.11. The van der Waals surface area contributed by atoms with E-state index in [1.807, 2.05) is 19.2 Å². The van der Waals surface area contributed by atoms with Gasteiger partial charge in [-0.25, -0.2) is 0 Å². The number of carbonyl (C=O) groups excluding carboxylic acids is 1. The van der Waals surface area contributed by atoms with Crippen LogP contribution in [0, 0.1) is 6.92 Å². The normalized spacial score (nSPS) is 16.3. The summed E-state index contributed by atoms with van der Waals surface area (Å²) >= 11 is 0. The van der Waals surface area contributed by atoms with Gasteiger partial charge in [-0.05, 0) is 38.9 Å². The van der Waals surface area contributed by atoms with Crippen LogP contribution in [0.2, 0.25) is 0 Å². The average molecular weight is 236 g/mol. The summed E-state index contributed by atoms with van der Waals surface area (Å²) in [5.41, 5.74) is 0.940. The molecule has 1 saturated heterocycles. The van der Waals surface area contributed by atoms with Crippen molar-refractivity contribution in [3.63, 3.8) is 0 Å². The van der Waals surface area contributed by atoms with Gasteiger partial charge in [-0.2, -0.15) is 5.10 Å². The number of amides is 1. The van der Waals surface area contributed by atoms with Crippen molar-refractivity contribution < 1.29 is 4.79 Å². The van der Waals surface area contributed by atoms with Crippen LogP contribution in [-0.4, -0.2) is 46.8 Å². The third kappa shape index (κ3) is 3.85. The van der Waals surface area contributed by atoms with Gasteiger partial charge in [0.1, 0.15) is 6.54 Å². The second kappa shape index (κ2) is 5.82. The Morgan fingerprint density at radius 1 is 1.47 bits per heavy atom. The lowest BCUT2D eigenvalue weighted by molar-refractivity contribution is -0.121. The first kappa shape index (κ1) is 12.1. The SMILES string of the molecule is Cc1ccn(CC(=O)NCCN2CCCC2)n1. The fraction of sp³-hybridized carbons (Fsp3) is 0.667. The largest absolute Gasteiger partial charge is 0.353 e. The van der Waals surface area contributed by atoms with Crippen molar-refractivity contribution in [3.8, 4) is 0 Å². The minimum Gasteiger partial charge on any atom is -0.353 e. The lowest BCUT2D eigenvalue weighted by Gasteiger charge is -2.14. The predicted octanol–water partition coefficient (Wildman–Crippen LogP) is 0.404. The molecule has 0 saturated carbocycles. The summed E-state index contributed by atoms with van der Waals surface area (Å²) in [6.07, 6.45) is 4.41. The Hall–Kier alpha value is -1.36. The highest BCUT2D eigenvalue weighted by Crippen LogP contribution is 2.05. The number of aromatic nitrogens is 2. The van der Waals surface area contributed by atoms with Crippen LogP contribution in [0.3, 0.4) is 0 Å². The molecule has 5 nitrogen and oxygen atoms in total. The average Bonchev–Trinajstić information content (AvgIpc) is 2.90. The van der Waals surface area contributed by atoms with Crippen LogP contribution in [0.1, 0.15) is 18.5 Å². The second-order valence-corrected chi connectivity index (χ2v) is 4.55. The Labute approximate surface area is 102 Å².